The number of aryl methyl sites for hydroxylation is 1. The number of rotatable bonds is 4. The largest absolute Gasteiger partial charge is 0.493 e. The summed E-state index contributed by atoms with van der Waals surface area (Å²) in [6.07, 6.45) is 5.20. The Morgan fingerprint density at radius 3 is 2.88 bits per heavy atom. The molecule has 4 rings (SSSR count). The molecule has 132 valence electrons. The minimum atomic E-state index is 0.0161. The topological polar surface area (TPSA) is 56.2 Å². The summed E-state index contributed by atoms with van der Waals surface area (Å²) in [4.78, 5) is 12.0. The molecule has 1 N–H and O–H groups in total. The second-order valence-corrected chi connectivity index (χ2v) is 7.18. The van der Waals surface area contributed by atoms with Crippen molar-refractivity contribution in [2.75, 3.05) is 6.61 Å². The summed E-state index contributed by atoms with van der Waals surface area (Å²) >= 11 is 0. The van der Waals surface area contributed by atoms with E-state index in [1.165, 1.54) is 11.1 Å². The van der Waals surface area contributed by atoms with Crippen LogP contribution < -0.4 is 15.6 Å². The van der Waals surface area contributed by atoms with E-state index in [-0.39, 0.29) is 11.6 Å². The average Bonchev–Trinajstić information content (AvgIpc) is 3.10. The first kappa shape index (κ1) is 16.3. The van der Waals surface area contributed by atoms with Crippen LogP contribution >= 0.6 is 0 Å². The highest BCUT2D eigenvalue weighted by molar-refractivity contribution is 5.39. The predicted octanol–water partition coefficient (Wildman–Crippen LogP) is 2.76. The van der Waals surface area contributed by atoms with Gasteiger partial charge in [-0.2, -0.15) is 5.10 Å². The van der Waals surface area contributed by atoms with Crippen LogP contribution in [-0.4, -0.2) is 22.4 Å². The quantitative estimate of drug-likeness (QED) is 0.931. The normalized spacial score (nSPS) is 22.4. The lowest BCUT2D eigenvalue weighted by molar-refractivity contribution is 0.268. The molecule has 2 aromatic rings. The van der Waals surface area contributed by atoms with Crippen molar-refractivity contribution in [1.82, 2.24) is 15.1 Å². The summed E-state index contributed by atoms with van der Waals surface area (Å²) in [6, 6.07) is 10.7. The first-order valence-electron chi connectivity index (χ1n) is 9.23. The lowest BCUT2D eigenvalue weighted by Gasteiger charge is -2.29. The fourth-order valence-electron chi connectivity index (χ4n) is 3.92. The fraction of sp³-hybridized carbons (Fsp3) is 0.500. The van der Waals surface area contributed by atoms with Crippen LogP contribution in [0.15, 0.2) is 35.1 Å². The molecule has 0 atom stereocenters. The molecule has 25 heavy (non-hydrogen) atoms. The number of fused-ring (bicyclic) bond motifs is 1. The average molecular weight is 339 g/mol. The van der Waals surface area contributed by atoms with Gasteiger partial charge in [-0.1, -0.05) is 12.1 Å². The van der Waals surface area contributed by atoms with Gasteiger partial charge in [0.05, 0.1) is 18.3 Å². The zero-order chi connectivity index (χ0) is 17.2. The minimum absolute atomic E-state index is 0.0161. The molecule has 0 saturated heterocycles. The lowest BCUT2D eigenvalue weighted by atomic mass is 9.91. The molecule has 1 saturated carbocycles. The maximum atomic E-state index is 12.0. The van der Waals surface area contributed by atoms with Gasteiger partial charge < -0.3 is 10.1 Å². The van der Waals surface area contributed by atoms with Gasteiger partial charge >= 0.3 is 0 Å². The van der Waals surface area contributed by atoms with Gasteiger partial charge in [0.25, 0.3) is 5.56 Å². The summed E-state index contributed by atoms with van der Waals surface area (Å²) in [5.41, 5.74) is 3.57. The van der Waals surface area contributed by atoms with Gasteiger partial charge in [0.1, 0.15) is 5.75 Å². The van der Waals surface area contributed by atoms with Crippen LogP contribution in [0, 0.1) is 6.92 Å². The summed E-state index contributed by atoms with van der Waals surface area (Å²) in [5.74, 6) is 1.04. The van der Waals surface area contributed by atoms with E-state index >= 15 is 0 Å². The van der Waals surface area contributed by atoms with Gasteiger partial charge in [0.15, 0.2) is 0 Å². The zero-order valence-electron chi connectivity index (χ0n) is 14.7. The summed E-state index contributed by atoms with van der Waals surface area (Å²) in [6.45, 7) is 3.64. The van der Waals surface area contributed by atoms with E-state index < -0.39 is 0 Å². The van der Waals surface area contributed by atoms with Crippen LogP contribution in [0.3, 0.4) is 0 Å². The van der Waals surface area contributed by atoms with Crippen molar-refractivity contribution in [2.45, 2.75) is 57.7 Å². The molecule has 1 aromatic heterocycles. The SMILES string of the molecule is Cc1ccc(=O)n(C2CCC(NCc3ccc4c(c3)CCO4)CC2)n1. The highest BCUT2D eigenvalue weighted by atomic mass is 16.5. The lowest BCUT2D eigenvalue weighted by Crippen LogP contribution is -2.36. The Bertz CT molecular complexity index is 807. The van der Waals surface area contributed by atoms with Crippen LogP contribution in [-0.2, 0) is 13.0 Å². The van der Waals surface area contributed by atoms with Crippen molar-refractivity contribution < 1.29 is 4.74 Å². The summed E-state index contributed by atoms with van der Waals surface area (Å²) in [7, 11) is 0. The molecule has 5 nitrogen and oxygen atoms in total. The third kappa shape index (κ3) is 3.61. The molecule has 0 unspecified atom stereocenters. The third-order valence-corrected chi connectivity index (χ3v) is 5.35. The van der Waals surface area contributed by atoms with Crippen molar-refractivity contribution in [2.24, 2.45) is 0 Å². The van der Waals surface area contributed by atoms with E-state index in [1.54, 1.807) is 16.8 Å². The van der Waals surface area contributed by atoms with Crippen LogP contribution in [0.25, 0.3) is 0 Å². The molecule has 1 aliphatic carbocycles. The number of benzene rings is 1. The van der Waals surface area contributed by atoms with Crippen molar-refractivity contribution in [3.63, 3.8) is 0 Å². The zero-order valence-corrected chi connectivity index (χ0v) is 14.7. The molecule has 1 aliphatic heterocycles. The second kappa shape index (κ2) is 7.00. The van der Waals surface area contributed by atoms with Crippen molar-refractivity contribution in [3.8, 4) is 5.75 Å². The van der Waals surface area contributed by atoms with Crippen LogP contribution in [0.4, 0.5) is 0 Å². The first-order valence-corrected chi connectivity index (χ1v) is 9.23. The van der Waals surface area contributed by atoms with E-state index in [0.29, 0.717) is 6.04 Å². The van der Waals surface area contributed by atoms with Gasteiger partial charge in [-0.15, -0.1) is 0 Å². The Labute approximate surface area is 148 Å². The van der Waals surface area contributed by atoms with Gasteiger partial charge in [0.2, 0.25) is 0 Å². The van der Waals surface area contributed by atoms with Gasteiger partial charge in [-0.05, 0) is 55.9 Å². The molecule has 1 fully saturated rings. The number of aromatic nitrogens is 2. The summed E-state index contributed by atoms with van der Waals surface area (Å²) in [5, 5.41) is 8.10. The number of nitrogens with zero attached hydrogens (tertiary/aromatic N) is 2. The Kier molecular flexibility index (Phi) is 4.57. The van der Waals surface area contributed by atoms with Crippen molar-refractivity contribution in [1.29, 1.82) is 0 Å². The van der Waals surface area contributed by atoms with E-state index in [2.05, 4.69) is 28.6 Å². The Balaban J connectivity index is 1.32. The summed E-state index contributed by atoms with van der Waals surface area (Å²) < 4.78 is 7.25. The molecule has 0 amide bonds. The van der Waals surface area contributed by atoms with Crippen LogP contribution in [0.2, 0.25) is 0 Å². The van der Waals surface area contributed by atoms with Crippen LogP contribution in [0.5, 0.6) is 5.75 Å². The van der Waals surface area contributed by atoms with E-state index in [9.17, 15) is 4.79 Å². The van der Waals surface area contributed by atoms with E-state index in [0.717, 1.165) is 56.7 Å². The van der Waals surface area contributed by atoms with Gasteiger partial charge in [-0.3, -0.25) is 4.79 Å². The van der Waals surface area contributed by atoms with E-state index in [1.807, 2.05) is 6.92 Å². The monoisotopic (exact) mass is 339 g/mol. The number of hydrogen-bond donors (Lipinski definition) is 1. The molecule has 2 heterocycles. The van der Waals surface area contributed by atoms with Gasteiger partial charge in [0, 0.05) is 25.1 Å². The highest BCUT2D eigenvalue weighted by Gasteiger charge is 2.23. The fourth-order valence-corrected chi connectivity index (χ4v) is 3.92. The van der Waals surface area contributed by atoms with Crippen molar-refractivity contribution >= 4 is 0 Å². The predicted molar refractivity (Wildman–Crippen MR) is 97.0 cm³/mol. The maximum absolute atomic E-state index is 12.0. The minimum Gasteiger partial charge on any atom is -0.493 e. The van der Waals surface area contributed by atoms with Crippen LogP contribution in [0.1, 0.15) is 48.5 Å². The third-order valence-electron chi connectivity index (χ3n) is 5.35. The number of nitrogens with one attached hydrogen (secondary N) is 1. The number of ether oxygens (including phenoxy) is 1. The Morgan fingerprint density at radius 1 is 1.20 bits per heavy atom. The number of hydrogen-bond acceptors (Lipinski definition) is 4. The molecule has 0 radical (unpaired) electrons. The maximum Gasteiger partial charge on any atom is 0.267 e. The molecule has 2 aliphatic rings. The Morgan fingerprint density at radius 2 is 2.04 bits per heavy atom. The highest BCUT2D eigenvalue weighted by Crippen LogP contribution is 2.28. The molecule has 1 aromatic carbocycles. The van der Waals surface area contributed by atoms with Gasteiger partial charge in [-0.25, -0.2) is 4.68 Å². The first-order chi connectivity index (χ1) is 12.2. The standard InChI is InChI=1S/C20H25N3O2/c1-14-2-9-20(24)23(22-14)18-6-4-17(5-7-18)21-13-15-3-8-19-16(12-15)10-11-25-19/h2-3,8-9,12,17-18,21H,4-7,10-11,13H2,1H3. The second-order valence-electron chi connectivity index (χ2n) is 7.18. The Hall–Kier alpha value is -2.14. The van der Waals surface area contributed by atoms with E-state index in [4.69, 9.17) is 4.74 Å². The molecular weight excluding hydrogens is 314 g/mol. The smallest absolute Gasteiger partial charge is 0.267 e. The molecule has 0 bridgehead atoms. The molecule has 5 heteroatoms. The molecular formula is C20H25N3O2. The molecule has 0 spiro atoms. The van der Waals surface area contributed by atoms with Crippen molar-refractivity contribution in [3.05, 3.63) is 57.5 Å².